The van der Waals surface area contributed by atoms with Gasteiger partial charge in [0.2, 0.25) is 0 Å². The fourth-order valence-corrected chi connectivity index (χ4v) is 2.67. The summed E-state index contributed by atoms with van der Waals surface area (Å²) in [5, 5.41) is 3.52. The molecule has 1 rings (SSSR count). The minimum absolute atomic E-state index is 1.01. The predicted octanol–water partition coefficient (Wildman–Crippen LogP) is 3.20. The molecule has 13 heavy (non-hydrogen) atoms. The monoisotopic (exact) mass is 183 g/mol. The molecule has 0 saturated carbocycles. The highest BCUT2D eigenvalue weighted by atomic mass is 14.9. The van der Waals surface area contributed by atoms with Gasteiger partial charge in [-0.1, -0.05) is 39.5 Å². The van der Waals surface area contributed by atoms with Gasteiger partial charge in [-0.25, -0.2) is 0 Å². The maximum Gasteiger partial charge on any atom is -0.00462 e. The quantitative estimate of drug-likeness (QED) is 0.705. The Kier molecular flexibility index (Phi) is 5.45. The Labute approximate surface area is 83.3 Å². The molecule has 1 aliphatic heterocycles. The van der Waals surface area contributed by atoms with E-state index in [-0.39, 0.29) is 0 Å². The van der Waals surface area contributed by atoms with Gasteiger partial charge in [0, 0.05) is 0 Å². The molecule has 1 saturated heterocycles. The third-order valence-corrected chi connectivity index (χ3v) is 3.37. The van der Waals surface area contributed by atoms with Gasteiger partial charge in [-0.2, -0.15) is 0 Å². The Balaban J connectivity index is 2.40. The van der Waals surface area contributed by atoms with Crippen molar-refractivity contribution >= 4 is 0 Å². The predicted molar refractivity (Wildman–Crippen MR) is 58.9 cm³/mol. The maximum absolute atomic E-state index is 3.52. The highest BCUT2D eigenvalue weighted by molar-refractivity contribution is 4.75. The molecule has 0 aromatic carbocycles. The van der Waals surface area contributed by atoms with Crippen molar-refractivity contribution in [2.45, 2.75) is 52.4 Å². The van der Waals surface area contributed by atoms with Gasteiger partial charge in [-0.3, -0.25) is 0 Å². The Hall–Kier alpha value is -0.0400. The van der Waals surface area contributed by atoms with Gasteiger partial charge in [-0.05, 0) is 37.8 Å². The van der Waals surface area contributed by atoms with Crippen LogP contribution >= 0.6 is 0 Å². The van der Waals surface area contributed by atoms with Crippen LogP contribution in [0.3, 0.4) is 0 Å². The number of nitrogens with one attached hydrogen (secondary N) is 1. The Morgan fingerprint density at radius 3 is 1.77 bits per heavy atom. The second-order valence-electron chi connectivity index (χ2n) is 4.42. The molecule has 0 spiro atoms. The van der Waals surface area contributed by atoms with E-state index in [1.807, 2.05) is 0 Å². The van der Waals surface area contributed by atoms with E-state index >= 15 is 0 Å². The largest absolute Gasteiger partial charge is 0.317 e. The topological polar surface area (TPSA) is 12.0 Å². The average molecular weight is 183 g/mol. The molecule has 1 heteroatoms. The van der Waals surface area contributed by atoms with Crippen LogP contribution in [-0.2, 0) is 0 Å². The van der Waals surface area contributed by atoms with E-state index in [9.17, 15) is 0 Å². The molecule has 1 nitrogen and oxygen atoms in total. The molecule has 1 aliphatic rings. The number of hydrogen-bond donors (Lipinski definition) is 1. The first-order chi connectivity index (χ1) is 6.38. The minimum Gasteiger partial charge on any atom is -0.317 e. The number of rotatable bonds is 4. The van der Waals surface area contributed by atoms with Crippen molar-refractivity contribution in [3.8, 4) is 0 Å². The summed E-state index contributed by atoms with van der Waals surface area (Å²) in [5.41, 5.74) is 0. The van der Waals surface area contributed by atoms with Crippen molar-refractivity contribution in [3.05, 3.63) is 0 Å². The minimum atomic E-state index is 1.01. The molecule has 1 N–H and O–H groups in total. The summed E-state index contributed by atoms with van der Waals surface area (Å²) in [6, 6.07) is 0. The number of hydrogen-bond acceptors (Lipinski definition) is 1. The molecule has 0 amide bonds. The van der Waals surface area contributed by atoms with Crippen LogP contribution in [0.4, 0.5) is 0 Å². The molecule has 0 aromatic rings. The molecular formula is C12H25N. The van der Waals surface area contributed by atoms with E-state index in [0.29, 0.717) is 0 Å². The van der Waals surface area contributed by atoms with E-state index in [1.165, 1.54) is 51.6 Å². The molecule has 2 atom stereocenters. The molecule has 0 aliphatic carbocycles. The van der Waals surface area contributed by atoms with E-state index in [0.717, 1.165) is 11.8 Å². The van der Waals surface area contributed by atoms with Crippen molar-refractivity contribution in [1.29, 1.82) is 0 Å². The molecule has 0 aromatic heterocycles. The van der Waals surface area contributed by atoms with Crippen LogP contribution in [0, 0.1) is 11.8 Å². The van der Waals surface area contributed by atoms with Crippen molar-refractivity contribution in [3.63, 3.8) is 0 Å². The van der Waals surface area contributed by atoms with Crippen LogP contribution in [0.2, 0.25) is 0 Å². The average Bonchev–Trinajstić information content (AvgIpc) is 2.33. The van der Waals surface area contributed by atoms with Crippen LogP contribution in [-0.4, -0.2) is 13.1 Å². The summed E-state index contributed by atoms with van der Waals surface area (Å²) >= 11 is 0. The van der Waals surface area contributed by atoms with Crippen molar-refractivity contribution < 1.29 is 0 Å². The van der Waals surface area contributed by atoms with Crippen molar-refractivity contribution in [1.82, 2.24) is 5.32 Å². The summed E-state index contributed by atoms with van der Waals surface area (Å²) in [7, 11) is 0. The highest BCUT2D eigenvalue weighted by Crippen LogP contribution is 2.29. The van der Waals surface area contributed by atoms with Gasteiger partial charge in [0.15, 0.2) is 0 Å². The lowest BCUT2D eigenvalue weighted by Crippen LogP contribution is -2.14. The molecule has 2 unspecified atom stereocenters. The molecule has 0 radical (unpaired) electrons. The molecule has 1 heterocycles. The van der Waals surface area contributed by atoms with E-state index < -0.39 is 0 Å². The normalized spacial score (nSPS) is 30.0. The first-order valence-corrected chi connectivity index (χ1v) is 6.09. The summed E-state index contributed by atoms with van der Waals surface area (Å²) in [5.74, 6) is 2.03. The summed E-state index contributed by atoms with van der Waals surface area (Å²) in [6.45, 7) is 7.15. The Bertz CT molecular complexity index is 108. The summed E-state index contributed by atoms with van der Waals surface area (Å²) < 4.78 is 0. The van der Waals surface area contributed by atoms with Crippen LogP contribution in [0.5, 0.6) is 0 Å². The van der Waals surface area contributed by atoms with Crippen LogP contribution in [0.25, 0.3) is 0 Å². The van der Waals surface area contributed by atoms with Gasteiger partial charge in [-0.15, -0.1) is 0 Å². The standard InChI is InChI=1S/C12H25N/c1-3-5-11-7-9-13-10-8-12(11)6-4-2/h11-13H,3-10H2,1-2H3. The molecule has 78 valence electrons. The second-order valence-corrected chi connectivity index (χ2v) is 4.42. The lowest BCUT2D eigenvalue weighted by Gasteiger charge is -2.23. The van der Waals surface area contributed by atoms with E-state index in [1.54, 1.807) is 0 Å². The first kappa shape index (κ1) is 11.0. The molecule has 0 bridgehead atoms. The van der Waals surface area contributed by atoms with Crippen molar-refractivity contribution in [2.24, 2.45) is 11.8 Å². The summed E-state index contributed by atoms with van der Waals surface area (Å²) in [4.78, 5) is 0. The van der Waals surface area contributed by atoms with E-state index in [4.69, 9.17) is 0 Å². The van der Waals surface area contributed by atoms with E-state index in [2.05, 4.69) is 19.2 Å². The Morgan fingerprint density at radius 2 is 1.38 bits per heavy atom. The second kappa shape index (κ2) is 6.42. The molecule has 1 fully saturated rings. The smallest absolute Gasteiger partial charge is 0.00462 e. The lowest BCUT2D eigenvalue weighted by atomic mass is 9.82. The van der Waals surface area contributed by atoms with Crippen LogP contribution in [0.1, 0.15) is 52.4 Å². The van der Waals surface area contributed by atoms with Crippen molar-refractivity contribution in [2.75, 3.05) is 13.1 Å². The van der Waals surface area contributed by atoms with Crippen LogP contribution in [0.15, 0.2) is 0 Å². The van der Waals surface area contributed by atoms with Crippen LogP contribution < -0.4 is 5.32 Å². The Morgan fingerprint density at radius 1 is 0.923 bits per heavy atom. The third kappa shape index (κ3) is 3.68. The zero-order valence-electron chi connectivity index (χ0n) is 9.31. The summed E-state index contributed by atoms with van der Waals surface area (Å²) in [6.07, 6.45) is 8.46. The zero-order chi connectivity index (χ0) is 9.52. The zero-order valence-corrected chi connectivity index (χ0v) is 9.31. The van der Waals surface area contributed by atoms with Gasteiger partial charge in [0.25, 0.3) is 0 Å². The van der Waals surface area contributed by atoms with Gasteiger partial charge in [0.1, 0.15) is 0 Å². The fourth-order valence-electron chi connectivity index (χ4n) is 2.67. The van der Waals surface area contributed by atoms with Gasteiger partial charge < -0.3 is 5.32 Å². The van der Waals surface area contributed by atoms with Gasteiger partial charge >= 0.3 is 0 Å². The SMILES string of the molecule is CCCC1CCNCCC1CCC. The third-order valence-electron chi connectivity index (χ3n) is 3.37. The van der Waals surface area contributed by atoms with Gasteiger partial charge in [0.05, 0.1) is 0 Å². The first-order valence-electron chi connectivity index (χ1n) is 6.09. The fraction of sp³-hybridized carbons (Fsp3) is 1.00. The maximum atomic E-state index is 3.52. The highest BCUT2D eigenvalue weighted by Gasteiger charge is 2.21. The lowest BCUT2D eigenvalue weighted by molar-refractivity contribution is 0.281. The molecular weight excluding hydrogens is 158 g/mol.